The minimum absolute atomic E-state index is 0.0943. The van der Waals surface area contributed by atoms with Crippen LogP contribution in [0.1, 0.15) is 70.5 Å². The van der Waals surface area contributed by atoms with Crippen LogP contribution in [0.25, 0.3) is 5.57 Å². The van der Waals surface area contributed by atoms with E-state index in [0.29, 0.717) is 11.8 Å². The number of amides is 4. The molecule has 43 heavy (non-hydrogen) atoms. The van der Waals surface area contributed by atoms with Crippen molar-refractivity contribution in [3.8, 4) is 0 Å². The van der Waals surface area contributed by atoms with Gasteiger partial charge in [-0.2, -0.15) is 0 Å². The second-order valence-corrected chi connectivity index (χ2v) is 12.4. The van der Waals surface area contributed by atoms with Gasteiger partial charge in [-0.1, -0.05) is 0 Å². The van der Waals surface area contributed by atoms with E-state index in [1.807, 2.05) is 12.4 Å². The number of imide groups is 2. The molecule has 4 N–H and O–H groups in total. The number of nitrogens with two attached hydrogens (primary N) is 1. The molecule has 0 bridgehead atoms. The minimum atomic E-state index is -0.969. The first kappa shape index (κ1) is 27.3. The summed E-state index contributed by atoms with van der Waals surface area (Å²) in [4.78, 5) is 62.7. The van der Waals surface area contributed by atoms with Crippen molar-refractivity contribution in [2.45, 2.75) is 57.0 Å². The average molecular weight is 582 g/mol. The van der Waals surface area contributed by atoms with Gasteiger partial charge in [0, 0.05) is 61.6 Å². The highest BCUT2D eigenvalue weighted by atomic mass is 16.2. The monoisotopic (exact) mass is 581 g/mol. The Kier molecular flexibility index (Phi) is 6.75. The Morgan fingerprint density at radius 2 is 1.88 bits per heavy atom. The first-order chi connectivity index (χ1) is 20.8. The molecule has 222 valence electrons. The Morgan fingerprint density at radius 3 is 2.65 bits per heavy atom. The van der Waals surface area contributed by atoms with Crippen LogP contribution in [0, 0.1) is 11.8 Å². The first-order valence-corrected chi connectivity index (χ1v) is 15.1. The molecule has 1 saturated heterocycles. The maximum absolute atomic E-state index is 13.1. The van der Waals surface area contributed by atoms with Crippen LogP contribution >= 0.6 is 0 Å². The first-order valence-electron chi connectivity index (χ1n) is 15.1. The number of anilines is 2. The molecule has 2 saturated carbocycles. The Morgan fingerprint density at radius 1 is 1.09 bits per heavy atom. The Labute approximate surface area is 249 Å². The number of aliphatic imine (C=N–C) groups is 1. The standard InChI is InChI=1S/C32H35N7O4/c1-38-9-8-19-15-36-25(13-27(19)38)24(29(33)18-2-3-18)16-35-21-10-17(11-21)14-34-20-4-5-22-23(12-20)32(43)39(31(22)42)26-6-7-28(40)37-30(26)41/h4-5,12-13,15-18,21,26,34H,2-3,6-11,14,33H2,1H3,(H,37,40,41). The molecular weight excluding hydrogens is 546 g/mol. The van der Waals surface area contributed by atoms with Gasteiger partial charge in [-0.3, -0.25) is 39.4 Å². The fraction of sp³-hybridized carbons (Fsp3) is 0.438. The van der Waals surface area contributed by atoms with Crippen molar-refractivity contribution in [3.05, 3.63) is 58.5 Å². The normalized spacial score (nSPS) is 25.5. The van der Waals surface area contributed by atoms with E-state index in [-0.39, 0.29) is 30.0 Å². The van der Waals surface area contributed by atoms with E-state index in [0.717, 1.165) is 72.7 Å². The van der Waals surface area contributed by atoms with Gasteiger partial charge in [0.05, 0.1) is 22.9 Å². The smallest absolute Gasteiger partial charge is 0.262 e. The number of hydrogen-bond donors (Lipinski definition) is 3. The highest BCUT2D eigenvalue weighted by Gasteiger charge is 2.44. The second kappa shape index (κ2) is 10.6. The maximum Gasteiger partial charge on any atom is 0.262 e. The van der Waals surface area contributed by atoms with Crippen LogP contribution < -0.4 is 21.3 Å². The maximum atomic E-state index is 13.1. The van der Waals surface area contributed by atoms with Gasteiger partial charge in [0.1, 0.15) is 6.04 Å². The lowest BCUT2D eigenvalue weighted by molar-refractivity contribution is -0.136. The number of aromatic nitrogens is 1. The summed E-state index contributed by atoms with van der Waals surface area (Å²) in [5.41, 5.74) is 13.1. The van der Waals surface area contributed by atoms with Gasteiger partial charge in [-0.05, 0) is 80.2 Å². The highest BCUT2D eigenvalue weighted by molar-refractivity contribution is 6.23. The summed E-state index contributed by atoms with van der Waals surface area (Å²) in [6.45, 7) is 1.72. The number of rotatable bonds is 8. The summed E-state index contributed by atoms with van der Waals surface area (Å²) >= 11 is 0. The van der Waals surface area contributed by atoms with Gasteiger partial charge in [-0.25, -0.2) is 0 Å². The fourth-order valence-electron chi connectivity index (χ4n) is 6.49. The van der Waals surface area contributed by atoms with Crippen LogP contribution in [0.3, 0.4) is 0 Å². The van der Waals surface area contributed by atoms with Crippen molar-refractivity contribution >= 4 is 46.8 Å². The van der Waals surface area contributed by atoms with E-state index in [1.54, 1.807) is 18.2 Å². The van der Waals surface area contributed by atoms with Gasteiger partial charge in [-0.15, -0.1) is 0 Å². The molecule has 3 aliphatic heterocycles. The van der Waals surface area contributed by atoms with Crippen molar-refractivity contribution < 1.29 is 19.2 Å². The average Bonchev–Trinajstić information content (AvgIpc) is 3.72. The van der Waals surface area contributed by atoms with Crippen molar-refractivity contribution in [1.29, 1.82) is 0 Å². The fourth-order valence-corrected chi connectivity index (χ4v) is 6.49. The highest BCUT2D eigenvalue weighted by Crippen LogP contribution is 2.38. The van der Waals surface area contributed by atoms with Crippen LogP contribution in [0.5, 0.6) is 0 Å². The van der Waals surface area contributed by atoms with E-state index in [9.17, 15) is 19.2 Å². The van der Waals surface area contributed by atoms with E-state index < -0.39 is 29.7 Å². The third-order valence-electron chi connectivity index (χ3n) is 9.35. The summed E-state index contributed by atoms with van der Waals surface area (Å²) in [5, 5.41) is 5.62. The molecule has 4 heterocycles. The van der Waals surface area contributed by atoms with Crippen molar-refractivity contribution in [2.24, 2.45) is 22.6 Å². The van der Waals surface area contributed by atoms with Gasteiger partial charge in [0.25, 0.3) is 11.8 Å². The van der Waals surface area contributed by atoms with Crippen LogP contribution in [0.2, 0.25) is 0 Å². The van der Waals surface area contributed by atoms with Crippen LogP contribution in [-0.2, 0) is 16.0 Å². The number of pyridine rings is 1. The lowest BCUT2D eigenvalue weighted by atomic mass is 9.80. The summed E-state index contributed by atoms with van der Waals surface area (Å²) < 4.78 is 0. The van der Waals surface area contributed by atoms with Crippen LogP contribution in [-0.4, -0.2) is 71.9 Å². The predicted octanol–water partition coefficient (Wildman–Crippen LogP) is 2.52. The number of fused-ring (bicyclic) bond motifs is 2. The zero-order chi connectivity index (χ0) is 29.8. The molecular formula is C32H35N7O4. The molecule has 2 aliphatic carbocycles. The van der Waals surface area contributed by atoms with Crippen molar-refractivity contribution in [1.82, 2.24) is 15.2 Å². The quantitative estimate of drug-likeness (QED) is 0.318. The van der Waals surface area contributed by atoms with Crippen LogP contribution in [0.15, 0.2) is 41.2 Å². The summed E-state index contributed by atoms with van der Waals surface area (Å²) in [5.74, 6) is -1.17. The van der Waals surface area contributed by atoms with Crippen molar-refractivity contribution in [3.63, 3.8) is 0 Å². The Hall–Kier alpha value is -4.54. The SMILES string of the molecule is CN1CCc2cnc(C(C=NC3CC(CNc4ccc5c(c4)C(=O)N(C4CCC(=O)NC4=O)C5=O)C3)=C(N)C3CC3)cc21. The number of carbonyl (C=O) groups excluding carboxylic acids is 4. The van der Waals surface area contributed by atoms with Gasteiger partial charge in [0.2, 0.25) is 11.8 Å². The minimum Gasteiger partial charge on any atom is -0.401 e. The lowest BCUT2D eigenvalue weighted by Gasteiger charge is -2.33. The predicted molar refractivity (Wildman–Crippen MR) is 162 cm³/mol. The number of likely N-dealkylation sites (N-methyl/N-ethyl adjacent to an activating group) is 1. The molecule has 1 aromatic carbocycles. The summed E-state index contributed by atoms with van der Waals surface area (Å²) in [6.07, 6.45) is 9.26. The second-order valence-electron chi connectivity index (χ2n) is 12.4. The van der Waals surface area contributed by atoms with Crippen LogP contribution in [0.4, 0.5) is 11.4 Å². The third kappa shape index (κ3) is 5.06. The molecule has 3 fully saturated rings. The number of nitrogens with zero attached hydrogens (tertiary/aromatic N) is 4. The topological polar surface area (TPSA) is 150 Å². The van der Waals surface area contributed by atoms with Gasteiger partial charge < -0.3 is 16.0 Å². The van der Waals surface area contributed by atoms with E-state index >= 15 is 0 Å². The Balaban J connectivity index is 0.964. The van der Waals surface area contributed by atoms with Gasteiger partial charge in [0.15, 0.2) is 0 Å². The zero-order valence-corrected chi connectivity index (χ0v) is 24.1. The molecule has 0 radical (unpaired) electrons. The molecule has 11 nitrogen and oxygen atoms in total. The van der Waals surface area contributed by atoms with Crippen molar-refractivity contribution in [2.75, 3.05) is 30.4 Å². The molecule has 0 spiro atoms. The van der Waals surface area contributed by atoms with Gasteiger partial charge >= 0.3 is 0 Å². The zero-order valence-electron chi connectivity index (χ0n) is 24.1. The van der Waals surface area contributed by atoms with E-state index in [1.165, 1.54) is 11.3 Å². The molecule has 4 amide bonds. The molecule has 11 heteroatoms. The molecule has 1 unspecified atom stereocenters. The molecule has 2 aromatic rings. The Bertz CT molecular complexity index is 1600. The van der Waals surface area contributed by atoms with E-state index in [4.69, 9.17) is 15.7 Å². The lowest BCUT2D eigenvalue weighted by Crippen LogP contribution is -2.54. The summed E-state index contributed by atoms with van der Waals surface area (Å²) in [6, 6.07) is 6.47. The molecule has 5 aliphatic rings. The number of hydrogen-bond acceptors (Lipinski definition) is 9. The number of carbonyl (C=O) groups is 4. The number of benzene rings is 1. The molecule has 1 aromatic heterocycles. The number of piperidine rings is 1. The largest absolute Gasteiger partial charge is 0.401 e. The van der Waals surface area contributed by atoms with E-state index in [2.05, 4.69) is 28.6 Å². The third-order valence-corrected chi connectivity index (χ3v) is 9.35. The summed E-state index contributed by atoms with van der Waals surface area (Å²) in [7, 11) is 2.11. The number of allylic oxidation sites excluding steroid dienone is 2. The molecule has 1 atom stereocenters. The number of nitrogens with one attached hydrogen (secondary N) is 2. The molecule has 7 rings (SSSR count).